The number of rotatable bonds is 8. The Labute approximate surface area is 235 Å². The van der Waals surface area contributed by atoms with Gasteiger partial charge in [-0.2, -0.15) is 0 Å². The second-order valence-corrected chi connectivity index (χ2v) is 9.41. The molecule has 0 bridgehead atoms. The molecule has 4 aromatic rings. The molecule has 0 fully saturated rings. The molecule has 2 aromatic heterocycles. The summed E-state index contributed by atoms with van der Waals surface area (Å²) in [7, 11) is 2.51. The number of carbonyl (C=O) groups excluding carboxylic acids is 4. The second kappa shape index (κ2) is 11.5. The van der Waals surface area contributed by atoms with Crippen LogP contribution in [0.3, 0.4) is 0 Å². The van der Waals surface area contributed by atoms with Gasteiger partial charge in [-0.15, -0.1) is 6.58 Å². The Bertz CT molecular complexity index is 1720. The van der Waals surface area contributed by atoms with E-state index in [1.54, 1.807) is 12.1 Å². The van der Waals surface area contributed by atoms with Crippen molar-refractivity contribution in [2.24, 2.45) is 0 Å². The number of benzene rings is 2. The van der Waals surface area contributed by atoms with E-state index in [4.69, 9.17) is 9.47 Å². The molecular weight excluding hydrogens is 524 g/mol. The molecule has 0 aliphatic carbocycles. The van der Waals surface area contributed by atoms with Gasteiger partial charge in [-0.1, -0.05) is 54.6 Å². The van der Waals surface area contributed by atoms with Gasteiger partial charge in [-0.25, -0.2) is 14.6 Å². The number of pyridine rings is 1. The van der Waals surface area contributed by atoms with Crippen LogP contribution in [-0.4, -0.2) is 65.5 Å². The van der Waals surface area contributed by atoms with Crippen molar-refractivity contribution in [1.29, 1.82) is 0 Å². The van der Waals surface area contributed by atoms with Gasteiger partial charge in [-0.05, 0) is 23.8 Å². The monoisotopic (exact) mass is 552 g/mol. The van der Waals surface area contributed by atoms with Crippen LogP contribution in [0.15, 0.2) is 78.9 Å². The van der Waals surface area contributed by atoms with Gasteiger partial charge in [-0.3, -0.25) is 9.59 Å². The zero-order chi connectivity index (χ0) is 29.1. The number of nitrogens with zero attached hydrogens (tertiary/aromatic N) is 3. The van der Waals surface area contributed by atoms with Gasteiger partial charge in [0.1, 0.15) is 12.2 Å². The molecule has 5 rings (SSSR count). The van der Waals surface area contributed by atoms with Crippen molar-refractivity contribution >= 4 is 51.6 Å². The van der Waals surface area contributed by atoms with E-state index < -0.39 is 23.9 Å². The Morgan fingerprint density at radius 1 is 1.05 bits per heavy atom. The number of carbonyl (C=O) groups is 4. The number of hydrogen-bond donors (Lipinski definition) is 1. The first kappa shape index (κ1) is 27.3. The summed E-state index contributed by atoms with van der Waals surface area (Å²) in [6, 6.07) is 17.0. The van der Waals surface area contributed by atoms with Crippen molar-refractivity contribution in [3.63, 3.8) is 0 Å². The fourth-order valence-corrected chi connectivity index (χ4v) is 5.14. The molecule has 1 aliphatic rings. The van der Waals surface area contributed by atoms with Crippen LogP contribution in [-0.2, 0) is 30.4 Å². The summed E-state index contributed by atoms with van der Waals surface area (Å²) in [4.78, 5) is 58.8. The number of nitrogens with one attached hydrogen (secondary N) is 1. The minimum absolute atomic E-state index is 0.00262. The third-order valence-electron chi connectivity index (χ3n) is 6.97. The van der Waals surface area contributed by atoms with Gasteiger partial charge in [0.15, 0.2) is 6.04 Å². The summed E-state index contributed by atoms with van der Waals surface area (Å²) in [5.41, 5.74) is 2.50. The fourth-order valence-electron chi connectivity index (χ4n) is 5.14. The highest BCUT2D eigenvalue weighted by Gasteiger charge is 2.38. The number of fused-ring (bicyclic) bond motifs is 3. The lowest BCUT2D eigenvalue weighted by Gasteiger charge is -2.28. The van der Waals surface area contributed by atoms with E-state index >= 15 is 0 Å². The van der Waals surface area contributed by atoms with Crippen LogP contribution < -0.4 is 5.32 Å². The average Bonchev–Trinajstić information content (AvgIpc) is 3.24. The molecule has 1 unspecified atom stereocenters. The van der Waals surface area contributed by atoms with Crippen LogP contribution in [0.4, 0.5) is 0 Å². The molecule has 208 valence electrons. The maximum Gasteiger partial charge on any atom is 0.356 e. The smallest absolute Gasteiger partial charge is 0.356 e. The molecule has 0 radical (unpaired) electrons. The summed E-state index contributed by atoms with van der Waals surface area (Å²) < 4.78 is 11.7. The van der Waals surface area contributed by atoms with Crippen molar-refractivity contribution in [2.75, 3.05) is 27.3 Å². The highest BCUT2D eigenvalue weighted by atomic mass is 16.5. The van der Waals surface area contributed by atoms with Crippen molar-refractivity contribution < 1.29 is 28.7 Å². The normalized spacial score (nSPS) is 15.0. The molecular formula is C31H28N4O6. The van der Waals surface area contributed by atoms with Gasteiger partial charge in [0.25, 0.3) is 0 Å². The Balaban J connectivity index is 1.65. The van der Waals surface area contributed by atoms with Crippen molar-refractivity contribution in [3.05, 3.63) is 95.8 Å². The molecule has 2 aromatic carbocycles. The first-order valence-corrected chi connectivity index (χ1v) is 12.9. The van der Waals surface area contributed by atoms with Crippen LogP contribution >= 0.6 is 0 Å². The first-order chi connectivity index (χ1) is 19.9. The number of amides is 2. The molecule has 3 heterocycles. The summed E-state index contributed by atoms with van der Waals surface area (Å²) >= 11 is 0. The molecule has 41 heavy (non-hydrogen) atoms. The minimum atomic E-state index is -1.23. The molecule has 1 aliphatic heterocycles. The number of hydrogen-bond acceptors (Lipinski definition) is 7. The first-order valence-electron chi connectivity index (χ1n) is 12.9. The predicted molar refractivity (Wildman–Crippen MR) is 153 cm³/mol. The highest BCUT2D eigenvalue weighted by Crippen LogP contribution is 2.37. The maximum absolute atomic E-state index is 14.0. The van der Waals surface area contributed by atoms with E-state index in [-0.39, 0.29) is 42.5 Å². The van der Waals surface area contributed by atoms with Crippen LogP contribution in [0.5, 0.6) is 0 Å². The van der Waals surface area contributed by atoms with E-state index in [0.717, 1.165) is 16.5 Å². The zero-order valence-electron chi connectivity index (χ0n) is 22.6. The van der Waals surface area contributed by atoms with Gasteiger partial charge >= 0.3 is 11.9 Å². The van der Waals surface area contributed by atoms with Gasteiger partial charge in [0, 0.05) is 22.8 Å². The Hall–Kier alpha value is -5.25. The van der Waals surface area contributed by atoms with E-state index in [0.29, 0.717) is 10.9 Å². The lowest BCUT2D eigenvalue weighted by atomic mass is 10.0. The van der Waals surface area contributed by atoms with E-state index in [2.05, 4.69) is 16.9 Å². The predicted octanol–water partition coefficient (Wildman–Crippen LogP) is 3.42. The van der Waals surface area contributed by atoms with E-state index in [9.17, 15) is 19.2 Å². The fraction of sp³-hybridized carbons (Fsp3) is 0.194. The standard InChI is InChI=1S/C31H28N4O6/c1-4-14-34-25(36)18-35-24-13-9-8-12-21(24)22-16-23(31(39)41-3)33-26(27(22)35)28(34)29(37)32-17-20(30(38)40-2)15-19-10-6-5-7-11-19/h4-13,15-16,28H,1,14,17-18H2,2-3H3,(H,32,37)/b20-15+. The quantitative estimate of drug-likeness (QED) is 0.202. The van der Waals surface area contributed by atoms with Crippen LogP contribution in [0, 0.1) is 0 Å². The third kappa shape index (κ3) is 5.07. The van der Waals surface area contributed by atoms with Gasteiger partial charge < -0.3 is 24.3 Å². The highest BCUT2D eigenvalue weighted by molar-refractivity contribution is 6.12. The van der Waals surface area contributed by atoms with Gasteiger partial charge in [0.05, 0.1) is 37.5 Å². The lowest BCUT2D eigenvalue weighted by Crippen LogP contribution is -2.45. The Morgan fingerprint density at radius 2 is 1.78 bits per heavy atom. The largest absolute Gasteiger partial charge is 0.466 e. The lowest BCUT2D eigenvalue weighted by molar-refractivity contribution is -0.140. The molecule has 10 nitrogen and oxygen atoms in total. The summed E-state index contributed by atoms with van der Waals surface area (Å²) in [5.74, 6) is -2.21. The summed E-state index contributed by atoms with van der Waals surface area (Å²) in [5, 5.41) is 4.26. The Morgan fingerprint density at radius 3 is 2.49 bits per heavy atom. The second-order valence-electron chi connectivity index (χ2n) is 9.41. The molecule has 1 atom stereocenters. The molecule has 0 spiro atoms. The van der Waals surface area contributed by atoms with E-state index in [1.807, 2.05) is 59.2 Å². The topological polar surface area (TPSA) is 120 Å². The third-order valence-corrected chi connectivity index (χ3v) is 6.97. The number of para-hydroxylation sites is 1. The molecule has 0 saturated carbocycles. The minimum Gasteiger partial charge on any atom is -0.466 e. The van der Waals surface area contributed by atoms with Crippen LogP contribution in [0.25, 0.3) is 27.9 Å². The molecule has 2 amide bonds. The summed E-state index contributed by atoms with van der Waals surface area (Å²) in [6.07, 6.45) is 3.14. The number of esters is 2. The SMILES string of the molecule is C=CCN1C(=O)Cn2c3ccccc3c3cc(C(=O)OC)nc(c32)C1C(=O)NC/C(=C\c1ccccc1)C(=O)OC. The number of methoxy groups -OCH3 is 2. The number of aromatic nitrogens is 2. The number of ether oxygens (including phenoxy) is 2. The average molecular weight is 553 g/mol. The van der Waals surface area contributed by atoms with E-state index in [1.165, 1.54) is 25.2 Å². The summed E-state index contributed by atoms with van der Waals surface area (Å²) in [6.45, 7) is 3.60. The van der Waals surface area contributed by atoms with Crippen LogP contribution in [0.1, 0.15) is 27.8 Å². The van der Waals surface area contributed by atoms with Crippen molar-refractivity contribution in [1.82, 2.24) is 19.8 Å². The molecule has 0 saturated heterocycles. The maximum atomic E-state index is 14.0. The molecule has 1 N–H and O–H groups in total. The van der Waals surface area contributed by atoms with Crippen molar-refractivity contribution in [3.8, 4) is 0 Å². The zero-order valence-corrected chi connectivity index (χ0v) is 22.6. The van der Waals surface area contributed by atoms with Crippen molar-refractivity contribution in [2.45, 2.75) is 12.6 Å². The van der Waals surface area contributed by atoms with Crippen LogP contribution in [0.2, 0.25) is 0 Å². The van der Waals surface area contributed by atoms with Gasteiger partial charge in [0.2, 0.25) is 11.8 Å². The Kier molecular flexibility index (Phi) is 7.64. The molecule has 10 heteroatoms.